The Balaban J connectivity index is 0.821. The lowest BCUT2D eigenvalue weighted by Gasteiger charge is -2.52. The maximum atomic E-state index is 13.4. The van der Waals surface area contributed by atoms with E-state index in [1.807, 2.05) is 224 Å². The number of hydrogen-bond donors (Lipinski definition) is 1. The van der Waals surface area contributed by atoms with Crippen molar-refractivity contribution < 1.29 is 104 Å². The number of hydrogen-bond acceptors (Lipinski definition) is 23. The Morgan fingerprint density at radius 3 is 1.50 bits per heavy atom. The van der Waals surface area contributed by atoms with Gasteiger partial charge >= 0.3 is 5.97 Å². The fourth-order valence-electron chi connectivity index (χ4n) is 16.5. The minimum Gasteiger partial charge on any atom is -0.457 e. The summed E-state index contributed by atoms with van der Waals surface area (Å²) in [4.78, 5) is 13.4. The van der Waals surface area contributed by atoms with E-state index in [1.54, 1.807) is 6.92 Å². The Morgan fingerprint density at radius 2 is 0.910 bits per heavy atom. The molecule has 0 spiro atoms. The van der Waals surface area contributed by atoms with Gasteiger partial charge in [0.2, 0.25) is 0 Å². The lowest BCUT2D eigenvalue weighted by Crippen LogP contribution is -2.66. The van der Waals surface area contributed by atoms with E-state index in [1.165, 1.54) is 6.92 Å². The molecule has 0 bridgehead atoms. The SMILES string of the molecule is CC(=N)C[C@H]1OC(C)[C@H](OC(C)=O)C(O[C@@H]2OC(C)[C@H](C)[C@@H]3OC(C)(C)OC23)[C@H]1O[C@@H]1OC(C)[C@H](O[C@@H]2OC[C@@H](C)C(O[C@@H]3OC[C@]4(COCc5ccccc5)O[C@@H](c5ccccc5)OC34)[C@H]2OCc2ccccc2)C(O[C@@H]2OC(COCc3ccccc3)[C@@H](OCc3ccccc3)C(OCc3ccccc3)[C@H]2C)[C@@H]1C. The van der Waals surface area contributed by atoms with Gasteiger partial charge in [0.25, 0.3) is 0 Å². The Kier molecular flexibility index (Phi) is 27.1. The van der Waals surface area contributed by atoms with Crippen molar-refractivity contribution in [3.63, 3.8) is 0 Å². The summed E-state index contributed by atoms with van der Waals surface area (Å²) in [6.45, 7) is 22.5. The van der Waals surface area contributed by atoms with Crippen LogP contribution in [0.4, 0.5) is 0 Å². The topological polar surface area (TPSA) is 235 Å². The largest absolute Gasteiger partial charge is 0.457 e. The van der Waals surface area contributed by atoms with Crippen LogP contribution in [0.1, 0.15) is 122 Å². The summed E-state index contributed by atoms with van der Waals surface area (Å²) in [5.74, 6) is -3.19. The number of benzene rings is 6. The molecule has 111 heavy (non-hydrogen) atoms. The number of fused-ring (bicyclic) bond motifs is 2. The summed E-state index contributed by atoms with van der Waals surface area (Å²) in [6.07, 6.45) is -19.5. The number of nitrogens with one attached hydrogen (secondary N) is 1. The lowest BCUT2D eigenvalue weighted by atomic mass is 9.88. The van der Waals surface area contributed by atoms with E-state index in [-0.39, 0.29) is 70.6 Å². The summed E-state index contributed by atoms with van der Waals surface area (Å²) in [7, 11) is 0. The zero-order valence-electron chi connectivity index (χ0n) is 65.5. The van der Waals surface area contributed by atoms with Crippen molar-refractivity contribution in [1.29, 1.82) is 5.41 Å². The van der Waals surface area contributed by atoms with E-state index in [9.17, 15) is 4.79 Å². The summed E-state index contributed by atoms with van der Waals surface area (Å²) in [5, 5.41) is 9.00. The summed E-state index contributed by atoms with van der Waals surface area (Å²) >= 11 is 0. The van der Waals surface area contributed by atoms with E-state index >= 15 is 0 Å². The first kappa shape index (κ1) is 81.2. The first-order chi connectivity index (χ1) is 53.7. The fraction of sp³-hybridized carbons (Fsp3) is 0.568. The van der Waals surface area contributed by atoms with Crippen molar-refractivity contribution in [2.24, 2.45) is 23.7 Å². The number of carbonyl (C=O) groups excluding carboxylic acids is 1. The maximum absolute atomic E-state index is 13.4. The van der Waals surface area contributed by atoms with Crippen LogP contribution in [0.15, 0.2) is 182 Å². The van der Waals surface area contributed by atoms with E-state index < -0.39 is 165 Å². The van der Waals surface area contributed by atoms with Crippen molar-refractivity contribution in [3.05, 3.63) is 215 Å². The molecule has 8 heterocycles. The molecular weight excluding hydrogens is 1420 g/mol. The normalized spacial score (nSPS) is 37.3. The highest BCUT2D eigenvalue weighted by Crippen LogP contribution is 2.49. The maximum Gasteiger partial charge on any atom is 0.303 e. The van der Waals surface area contributed by atoms with Crippen LogP contribution < -0.4 is 0 Å². The summed E-state index contributed by atoms with van der Waals surface area (Å²) in [6, 6.07) is 59.8. The Bertz CT molecular complexity index is 3860. The standard InChI is InChI=1S/C88H111NO22/c1-52-43-96-84(78(95-48-65-38-26-16-27-39-65)69(52)103-86-80-88(51-97-86,50-92-45-62-32-20-13-21-33-62)111-83(108-80)66-40-28-17-29-41-66)105-73-59(8)100-81(106-76-67(42-53(2)89)98-58(7)74(101-60(9)90)77(76)107-85-79-72(54(3)57(6)99-85)109-87(10,11)110-79)56(5)71(73)104-82-55(4)70(93-46-63-34-22-14-23-35-63)75(94-47-64-36-24-15-25-37-64)68(102-82)49-91-44-61-30-18-12-19-31-61/h12-41,52,54-59,67-86,89H,42-51H2,1-11H3/t52-,54+,55-,56+,57?,58?,59?,67-,68?,69?,70?,71?,72+,73+,74+,75-,76+,77?,78-,79?,80?,81+,82+,83+,84+,85+,86+,88+/m1/s1. The van der Waals surface area contributed by atoms with Gasteiger partial charge in [-0.15, -0.1) is 0 Å². The Hall–Kier alpha value is -6.34. The molecule has 0 saturated carbocycles. The molecule has 600 valence electrons. The molecule has 8 saturated heterocycles. The van der Waals surface area contributed by atoms with Crippen LogP contribution in [0.3, 0.4) is 0 Å². The third-order valence-corrected chi connectivity index (χ3v) is 22.5. The van der Waals surface area contributed by atoms with Gasteiger partial charge < -0.3 is 105 Å². The van der Waals surface area contributed by atoms with Gasteiger partial charge in [0.05, 0.1) is 108 Å². The van der Waals surface area contributed by atoms with Gasteiger partial charge in [-0.25, -0.2) is 0 Å². The molecule has 0 aromatic heterocycles. The van der Waals surface area contributed by atoms with Gasteiger partial charge in [0.15, 0.2) is 49.6 Å². The van der Waals surface area contributed by atoms with E-state index in [0.717, 1.165) is 33.4 Å². The number of ether oxygens (including phenoxy) is 21. The van der Waals surface area contributed by atoms with Crippen LogP contribution in [0, 0.1) is 29.1 Å². The van der Waals surface area contributed by atoms with Crippen LogP contribution in [0.2, 0.25) is 0 Å². The molecule has 0 radical (unpaired) electrons. The Morgan fingerprint density at radius 1 is 0.423 bits per heavy atom. The van der Waals surface area contributed by atoms with Gasteiger partial charge in [-0.3, -0.25) is 4.79 Å². The molecule has 8 fully saturated rings. The third-order valence-electron chi connectivity index (χ3n) is 22.5. The highest BCUT2D eigenvalue weighted by Gasteiger charge is 2.63. The molecule has 23 heteroatoms. The quantitative estimate of drug-likeness (QED) is 0.0315. The van der Waals surface area contributed by atoms with Crippen molar-refractivity contribution in [2.75, 3.05) is 26.4 Å². The minimum absolute atomic E-state index is 0.0691. The average molecular weight is 1530 g/mol. The Labute approximate surface area is 652 Å². The smallest absolute Gasteiger partial charge is 0.303 e. The van der Waals surface area contributed by atoms with Gasteiger partial charge in [-0.1, -0.05) is 210 Å². The second-order valence-electron chi connectivity index (χ2n) is 31.6. The highest BCUT2D eigenvalue weighted by atomic mass is 16.8. The van der Waals surface area contributed by atoms with Crippen LogP contribution in [-0.4, -0.2) is 185 Å². The van der Waals surface area contributed by atoms with Crippen LogP contribution in [0.5, 0.6) is 0 Å². The van der Waals surface area contributed by atoms with E-state index in [4.69, 9.17) is 105 Å². The molecule has 0 amide bonds. The minimum atomic E-state index is -1.15. The zero-order valence-corrected chi connectivity index (χ0v) is 65.5. The van der Waals surface area contributed by atoms with Crippen LogP contribution in [-0.2, 0) is 137 Å². The molecule has 8 aliphatic rings. The monoisotopic (exact) mass is 1530 g/mol. The first-order valence-electron chi connectivity index (χ1n) is 39.5. The number of carbonyl (C=O) groups is 1. The number of rotatable bonds is 31. The van der Waals surface area contributed by atoms with Crippen LogP contribution in [0.25, 0.3) is 0 Å². The van der Waals surface area contributed by atoms with E-state index in [0.29, 0.717) is 18.9 Å². The highest BCUT2D eigenvalue weighted by molar-refractivity contribution is 5.79. The molecular formula is C88H111NO22. The predicted octanol–water partition coefficient (Wildman–Crippen LogP) is 13.1. The van der Waals surface area contributed by atoms with Crippen molar-refractivity contribution >= 4 is 11.7 Å². The second kappa shape index (κ2) is 37.1. The van der Waals surface area contributed by atoms with Crippen LogP contribution >= 0.6 is 0 Å². The lowest BCUT2D eigenvalue weighted by molar-refractivity contribution is -0.388. The molecule has 6 aromatic rings. The molecule has 28 atom stereocenters. The molecule has 8 aliphatic heterocycles. The van der Waals surface area contributed by atoms with Gasteiger partial charge in [-0.2, -0.15) is 0 Å². The summed E-state index contributed by atoms with van der Waals surface area (Å²) in [5.41, 5.74) is 4.95. The first-order valence-corrected chi connectivity index (χ1v) is 39.5. The molecule has 23 nitrogen and oxygen atoms in total. The van der Waals surface area contributed by atoms with Crippen molar-refractivity contribution in [3.8, 4) is 0 Å². The van der Waals surface area contributed by atoms with Crippen molar-refractivity contribution in [2.45, 2.75) is 269 Å². The molecule has 10 unspecified atom stereocenters. The zero-order chi connectivity index (χ0) is 77.3. The van der Waals surface area contributed by atoms with Crippen molar-refractivity contribution in [1.82, 2.24) is 0 Å². The average Bonchev–Trinajstić information content (AvgIpc) is 1.63. The third kappa shape index (κ3) is 19.6. The summed E-state index contributed by atoms with van der Waals surface area (Å²) < 4.78 is 147. The van der Waals surface area contributed by atoms with E-state index in [2.05, 4.69) is 20.8 Å². The molecule has 6 aromatic carbocycles. The second-order valence-corrected chi connectivity index (χ2v) is 31.6. The molecule has 14 rings (SSSR count). The van der Waals surface area contributed by atoms with Gasteiger partial charge in [0.1, 0.15) is 54.4 Å². The fourth-order valence-corrected chi connectivity index (χ4v) is 16.5. The molecule has 1 N–H and O–H groups in total. The predicted molar refractivity (Wildman–Crippen MR) is 405 cm³/mol. The van der Waals surface area contributed by atoms with Gasteiger partial charge in [-0.05, 0) is 69.4 Å². The molecule has 0 aliphatic carbocycles. The van der Waals surface area contributed by atoms with Gasteiger partial charge in [0, 0.05) is 48.3 Å². The number of esters is 1.